The van der Waals surface area contributed by atoms with Crippen LogP contribution < -0.4 is 5.32 Å². The van der Waals surface area contributed by atoms with Crippen LogP contribution in [0.5, 0.6) is 0 Å². The van der Waals surface area contributed by atoms with Crippen molar-refractivity contribution < 1.29 is 0 Å². The zero-order chi connectivity index (χ0) is 9.36. The van der Waals surface area contributed by atoms with Crippen LogP contribution in [0.3, 0.4) is 0 Å². The van der Waals surface area contributed by atoms with E-state index in [-0.39, 0.29) is 0 Å². The number of unbranched alkanes of at least 4 members (excludes halogenated alkanes) is 2. The predicted octanol–water partition coefficient (Wildman–Crippen LogP) is 2.91. The smallest absolute Gasteiger partial charge is 0.00199 e. The Morgan fingerprint density at radius 1 is 1.23 bits per heavy atom. The molecule has 0 aromatic carbocycles. The molecule has 0 aromatic rings. The first-order chi connectivity index (χ1) is 6.43. The molecule has 1 aliphatic heterocycles. The summed E-state index contributed by atoms with van der Waals surface area (Å²) >= 11 is 2.12. The van der Waals surface area contributed by atoms with Crippen LogP contribution in [0, 0.1) is 5.92 Å². The van der Waals surface area contributed by atoms with Crippen LogP contribution in [-0.2, 0) is 0 Å². The maximum Gasteiger partial charge on any atom is -0.00199 e. The summed E-state index contributed by atoms with van der Waals surface area (Å²) in [6, 6.07) is 0. The highest BCUT2D eigenvalue weighted by Crippen LogP contribution is 2.21. The molecule has 1 rings (SSSR count). The molecule has 1 aliphatic rings. The number of nitrogens with one attached hydrogen (secondary N) is 1. The Labute approximate surface area is 87.1 Å². The molecule has 78 valence electrons. The topological polar surface area (TPSA) is 12.0 Å². The molecule has 0 atom stereocenters. The standard InChI is InChI=1S/C11H23NS/c1-2-3-4-7-12-10-11-5-8-13-9-6-11/h11-12H,2-10H2,1H3. The van der Waals surface area contributed by atoms with Crippen molar-refractivity contribution in [2.75, 3.05) is 24.6 Å². The van der Waals surface area contributed by atoms with E-state index < -0.39 is 0 Å². The van der Waals surface area contributed by atoms with Crippen LogP contribution in [0.4, 0.5) is 0 Å². The van der Waals surface area contributed by atoms with Gasteiger partial charge in [-0.15, -0.1) is 0 Å². The van der Waals surface area contributed by atoms with Crippen molar-refractivity contribution in [1.29, 1.82) is 0 Å². The van der Waals surface area contributed by atoms with Gasteiger partial charge in [-0.25, -0.2) is 0 Å². The van der Waals surface area contributed by atoms with Crippen LogP contribution >= 0.6 is 11.8 Å². The van der Waals surface area contributed by atoms with Gasteiger partial charge in [0.25, 0.3) is 0 Å². The molecule has 0 bridgehead atoms. The Balaban J connectivity index is 1.86. The van der Waals surface area contributed by atoms with Crippen molar-refractivity contribution in [1.82, 2.24) is 5.32 Å². The average molecular weight is 201 g/mol. The minimum Gasteiger partial charge on any atom is -0.316 e. The number of hydrogen-bond acceptors (Lipinski definition) is 2. The van der Waals surface area contributed by atoms with E-state index in [0.29, 0.717) is 0 Å². The molecule has 1 N–H and O–H groups in total. The summed E-state index contributed by atoms with van der Waals surface area (Å²) in [7, 11) is 0. The second kappa shape index (κ2) is 7.69. The summed E-state index contributed by atoms with van der Waals surface area (Å²) in [6.07, 6.45) is 6.95. The Morgan fingerprint density at radius 3 is 2.69 bits per heavy atom. The van der Waals surface area contributed by atoms with Crippen molar-refractivity contribution in [3.05, 3.63) is 0 Å². The lowest BCUT2D eigenvalue weighted by Gasteiger charge is -2.21. The molecule has 0 unspecified atom stereocenters. The lowest BCUT2D eigenvalue weighted by Crippen LogP contribution is -2.26. The number of thioether (sulfide) groups is 1. The molecule has 1 fully saturated rings. The fraction of sp³-hybridized carbons (Fsp3) is 1.00. The van der Waals surface area contributed by atoms with Crippen molar-refractivity contribution in [2.45, 2.75) is 39.0 Å². The molecule has 1 nitrogen and oxygen atoms in total. The maximum atomic E-state index is 3.58. The molecule has 0 amide bonds. The highest BCUT2D eigenvalue weighted by molar-refractivity contribution is 7.99. The third-order valence-corrected chi connectivity index (χ3v) is 3.78. The first-order valence-electron chi connectivity index (χ1n) is 5.72. The third kappa shape index (κ3) is 5.58. The van der Waals surface area contributed by atoms with Gasteiger partial charge in [0.2, 0.25) is 0 Å². The molecule has 0 aliphatic carbocycles. The van der Waals surface area contributed by atoms with Gasteiger partial charge in [0.05, 0.1) is 0 Å². The summed E-state index contributed by atoms with van der Waals surface area (Å²) in [6.45, 7) is 4.76. The Hall–Kier alpha value is 0.310. The van der Waals surface area contributed by atoms with Gasteiger partial charge >= 0.3 is 0 Å². The monoisotopic (exact) mass is 201 g/mol. The van der Waals surface area contributed by atoms with Crippen molar-refractivity contribution in [3.8, 4) is 0 Å². The highest BCUT2D eigenvalue weighted by atomic mass is 32.2. The van der Waals surface area contributed by atoms with E-state index in [1.54, 1.807) is 0 Å². The lowest BCUT2D eigenvalue weighted by molar-refractivity contribution is 0.443. The second-order valence-electron chi connectivity index (χ2n) is 3.97. The Morgan fingerprint density at radius 2 is 2.00 bits per heavy atom. The molecule has 2 heteroatoms. The van der Waals surface area contributed by atoms with E-state index in [1.807, 2.05) is 0 Å². The van der Waals surface area contributed by atoms with E-state index >= 15 is 0 Å². The first kappa shape index (κ1) is 11.4. The van der Waals surface area contributed by atoms with E-state index in [4.69, 9.17) is 0 Å². The fourth-order valence-corrected chi connectivity index (χ4v) is 2.96. The molecular weight excluding hydrogens is 178 g/mol. The minimum absolute atomic E-state index is 0.975. The van der Waals surface area contributed by atoms with Crippen LogP contribution in [0.2, 0.25) is 0 Å². The van der Waals surface area contributed by atoms with Crippen molar-refractivity contribution in [3.63, 3.8) is 0 Å². The molecule has 0 radical (unpaired) electrons. The second-order valence-corrected chi connectivity index (χ2v) is 5.19. The quantitative estimate of drug-likeness (QED) is 0.663. The van der Waals surface area contributed by atoms with Crippen molar-refractivity contribution >= 4 is 11.8 Å². The van der Waals surface area contributed by atoms with E-state index in [1.165, 1.54) is 56.7 Å². The SMILES string of the molecule is CCCCCNCC1CCSCC1. The molecular formula is C11H23NS. The van der Waals surface area contributed by atoms with Gasteiger partial charge in [0.15, 0.2) is 0 Å². The summed E-state index contributed by atoms with van der Waals surface area (Å²) in [5.74, 6) is 3.76. The molecule has 13 heavy (non-hydrogen) atoms. The minimum atomic E-state index is 0.975. The highest BCUT2D eigenvalue weighted by Gasteiger charge is 2.12. The zero-order valence-electron chi connectivity index (χ0n) is 8.85. The van der Waals surface area contributed by atoms with Crippen LogP contribution in [0.1, 0.15) is 39.0 Å². The molecule has 1 saturated heterocycles. The van der Waals surface area contributed by atoms with E-state index in [9.17, 15) is 0 Å². The molecule has 0 saturated carbocycles. The van der Waals surface area contributed by atoms with Gasteiger partial charge in [-0.3, -0.25) is 0 Å². The van der Waals surface area contributed by atoms with E-state index in [0.717, 1.165) is 5.92 Å². The van der Waals surface area contributed by atoms with Gasteiger partial charge < -0.3 is 5.32 Å². The van der Waals surface area contributed by atoms with Crippen LogP contribution in [0.15, 0.2) is 0 Å². The Bertz CT molecular complexity index is 111. The summed E-state index contributed by atoms with van der Waals surface area (Å²) in [4.78, 5) is 0. The normalized spacial score (nSPS) is 19.2. The fourth-order valence-electron chi connectivity index (χ4n) is 1.76. The van der Waals surface area contributed by atoms with Gasteiger partial charge in [-0.05, 0) is 49.8 Å². The van der Waals surface area contributed by atoms with Gasteiger partial charge in [-0.2, -0.15) is 11.8 Å². The van der Waals surface area contributed by atoms with Crippen molar-refractivity contribution in [2.24, 2.45) is 5.92 Å². The van der Waals surface area contributed by atoms with Crippen LogP contribution in [0.25, 0.3) is 0 Å². The Kier molecular flexibility index (Phi) is 6.73. The molecule has 0 spiro atoms. The van der Waals surface area contributed by atoms with Gasteiger partial charge in [0.1, 0.15) is 0 Å². The van der Waals surface area contributed by atoms with Gasteiger partial charge in [0, 0.05) is 0 Å². The van der Waals surface area contributed by atoms with E-state index in [2.05, 4.69) is 24.0 Å². The largest absolute Gasteiger partial charge is 0.316 e. The molecule has 1 heterocycles. The average Bonchev–Trinajstić information content (AvgIpc) is 2.19. The predicted molar refractivity (Wildman–Crippen MR) is 62.4 cm³/mol. The summed E-state index contributed by atoms with van der Waals surface area (Å²) in [5, 5.41) is 3.58. The third-order valence-electron chi connectivity index (χ3n) is 2.73. The van der Waals surface area contributed by atoms with Gasteiger partial charge in [-0.1, -0.05) is 19.8 Å². The number of hydrogen-bond donors (Lipinski definition) is 1. The summed E-state index contributed by atoms with van der Waals surface area (Å²) < 4.78 is 0. The number of rotatable bonds is 6. The molecule has 0 aromatic heterocycles. The summed E-state index contributed by atoms with van der Waals surface area (Å²) in [5.41, 5.74) is 0. The lowest BCUT2D eigenvalue weighted by atomic mass is 10.0. The maximum absolute atomic E-state index is 3.58. The zero-order valence-corrected chi connectivity index (χ0v) is 9.67. The first-order valence-corrected chi connectivity index (χ1v) is 6.87. The van der Waals surface area contributed by atoms with Crippen LogP contribution in [-0.4, -0.2) is 24.6 Å².